The van der Waals surface area contributed by atoms with Crippen LogP contribution in [0.15, 0.2) is 60.2 Å². The lowest BCUT2D eigenvalue weighted by atomic mass is 9.92. The zero-order valence-corrected chi connectivity index (χ0v) is 21.7. The molecule has 1 N–H and O–H groups in total. The highest BCUT2D eigenvalue weighted by molar-refractivity contribution is 6.51. The van der Waals surface area contributed by atoms with E-state index in [1.165, 1.54) is 11.8 Å². The summed E-state index contributed by atoms with van der Waals surface area (Å²) in [6.07, 6.45) is 0. The number of rotatable bonds is 5. The second-order valence-electron chi connectivity index (χ2n) is 9.32. The number of nitrogens with zero attached hydrogens (tertiary/aromatic N) is 1. The van der Waals surface area contributed by atoms with Crippen molar-refractivity contribution in [2.75, 3.05) is 12.0 Å². The summed E-state index contributed by atoms with van der Waals surface area (Å²) in [7, 11) is 1.56. The van der Waals surface area contributed by atoms with E-state index in [2.05, 4.69) is 0 Å². The van der Waals surface area contributed by atoms with E-state index in [-0.39, 0.29) is 17.1 Å². The maximum atomic E-state index is 13.5. The van der Waals surface area contributed by atoms with Gasteiger partial charge in [-0.05, 0) is 91.9 Å². The maximum Gasteiger partial charge on any atom is 0.308 e. The van der Waals surface area contributed by atoms with Gasteiger partial charge in [-0.2, -0.15) is 0 Å². The van der Waals surface area contributed by atoms with Gasteiger partial charge in [0.05, 0.1) is 18.7 Å². The van der Waals surface area contributed by atoms with Crippen molar-refractivity contribution in [3.05, 3.63) is 93.6 Å². The Bertz CT molecular complexity index is 1450. The van der Waals surface area contributed by atoms with Crippen molar-refractivity contribution >= 4 is 29.1 Å². The Morgan fingerprint density at radius 1 is 0.919 bits per heavy atom. The van der Waals surface area contributed by atoms with Crippen LogP contribution in [0.3, 0.4) is 0 Å². The standard InChI is InChI=1S/C30H29NO6/c1-16-10-17(2)12-22(11-16)31-27(21-8-7-9-23(15-21)37-20(5)32)26(29(34)30(31)35)28(33)24-13-19(4)25(36-6)14-18(24)3/h7-15,27,33H,1-6H3/b28-26+. The average Bonchev–Trinajstić information content (AvgIpc) is 3.09. The number of hydrogen-bond acceptors (Lipinski definition) is 6. The number of aliphatic hydroxyl groups excluding tert-OH is 1. The van der Waals surface area contributed by atoms with Crippen molar-refractivity contribution in [3.8, 4) is 11.5 Å². The Hall–Kier alpha value is -4.39. The number of Topliss-reactive ketones (excluding diaryl/α,β-unsaturated/α-hetero) is 1. The first-order valence-electron chi connectivity index (χ1n) is 11.8. The second-order valence-corrected chi connectivity index (χ2v) is 9.32. The quantitative estimate of drug-likeness (QED) is 0.164. The fourth-order valence-electron chi connectivity index (χ4n) is 4.83. The number of carbonyl (C=O) groups excluding carboxylic acids is 3. The van der Waals surface area contributed by atoms with Gasteiger partial charge in [0.25, 0.3) is 11.7 Å². The molecule has 1 saturated heterocycles. The Kier molecular flexibility index (Phi) is 6.90. The largest absolute Gasteiger partial charge is 0.507 e. The summed E-state index contributed by atoms with van der Waals surface area (Å²) in [6, 6.07) is 14.8. The van der Waals surface area contributed by atoms with Crippen LogP contribution in [-0.2, 0) is 14.4 Å². The van der Waals surface area contributed by atoms with Gasteiger partial charge in [-0.1, -0.05) is 18.2 Å². The number of methoxy groups -OCH3 is 1. The van der Waals surface area contributed by atoms with E-state index in [1.54, 1.807) is 50.4 Å². The van der Waals surface area contributed by atoms with E-state index < -0.39 is 23.7 Å². The number of amides is 1. The van der Waals surface area contributed by atoms with Crippen molar-refractivity contribution in [2.45, 2.75) is 40.7 Å². The Morgan fingerprint density at radius 3 is 2.22 bits per heavy atom. The predicted molar refractivity (Wildman–Crippen MR) is 141 cm³/mol. The van der Waals surface area contributed by atoms with Crippen molar-refractivity contribution in [3.63, 3.8) is 0 Å². The monoisotopic (exact) mass is 499 g/mol. The summed E-state index contributed by atoms with van der Waals surface area (Å²) in [4.78, 5) is 40.0. The van der Waals surface area contributed by atoms with Crippen LogP contribution in [0.5, 0.6) is 11.5 Å². The molecule has 0 spiro atoms. The van der Waals surface area contributed by atoms with Crippen molar-refractivity contribution in [1.29, 1.82) is 0 Å². The molecule has 4 rings (SSSR count). The minimum atomic E-state index is -0.946. The lowest BCUT2D eigenvalue weighted by molar-refractivity contribution is -0.132. The molecule has 1 atom stereocenters. The van der Waals surface area contributed by atoms with Crippen LogP contribution in [0.25, 0.3) is 5.76 Å². The molecule has 0 aromatic heterocycles. The number of hydrogen-bond donors (Lipinski definition) is 1. The van der Waals surface area contributed by atoms with Crippen LogP contribution in [0, 0.1) is 27.7 Å². The summed E-state index contributed by atoms with van der Waals surface area (Å²) in [5, 5.41) is 11.6. The Morgan fingerprint density at radius 2 is 1.59 bits per heavy atom. The summed E-state index contributed by atoms with van der Waals surface area (Å²) in [6.45, 7) is 8.75. The van der Waals surface area contributed by atoms with Gasteiger partial charge in [0.2, 0.25) is 0 Å². The fraction of sp³-hybridized carbons (Fsp3) is 0.233. The topological polar surface area (TPSA) is 93.1 Å². The molecule has 1 amide bonds. The smallest absolute Gasteiger partial charge is 0.308 e. The van der Waals surface area contributed by atoms with E-state index in [9.17, 15) is 19.5 Å². The van der Waals surface area contributed by atoms with Crippen molar-refractivity contribution < 1.29 is 29.0 Å². The maximum absolute atomic E-state index is 13.5. The number of anilines is 1. The molecule has 1 unspecified atom stereocenters. The lowest BCUT2D eigenvalue weighted by Gasteiger charge is -2.26. The van der Waals surface area contributed by atoms with Gasteiger partial charge in [-0.3, -0.25) is 19.3 Å². The first kappa shape index (κ1) is 25.7. The average molecular weight is 500 g/mol. The van der Waals surface area contributed by atoms with Gasteiger partial charge in [0.15, 0.2) is 0 Å². The molecule has 7 nitrogen and oxygen atoms in total. The molecule has 1 heterocycles. The third-order valence-electron chi connectivity index (χ3n) is 6.36. The number of ether oxygens (including phenoxy) is 2. The third kappa shape index (κ3) is 4.85. The molecule has 0 bridgehead atoms. The van der Waals surface area contributed by atoms with E-state index in [0.29, 0.717) is 28.1 Å². The summed E-state index contributed by atoms with van der Waals surface area (Å²) >= 11 is 0. The molecular formula is C30H29NO6. The van der Waals surface area contributed by atoms with Crippen LogP contribution < -0.4 is 14.4 Å². The molecule has 0 radical (unpaired) electrons. The van der Waals surface area contributed by atoms with Crippen LogP contribution in [0.4, 0.5) is 5.69 Å². The molecule has 3 aromatic rings. The first-order chi connectivity index (χ1) is 17.5. The highest BCUT2D eigenvalue weighted by atomic mass is 16.5. The van der Waals surface area contributed by atoms with Gasteiger partial charge in [-0.25, -0.2) is 0 Å². The van der Waals surface area contributed by atoms with E-state index >= 15 is 0 Å². The van der Waals surface area contributed by atoms with Crippen LogP contribution in [0.2, 0.25) is 0 Å². The van der Waals surface area contributed by atoms with Gasteiger partial charge in [0, 0.05) is 18.2 Å². The van der Waals surface area contributed by atoms with Crippen LogP contribution in [-0.4, -0.2) is 29.9 Å². The van der Waals surface area contributed by atoms with Gasteiger partial charge >= 0.3 is 5.97 Å². The minimum Gasteiger partial charge on any atom is -0.507 e. The Labute approximate surface area is 215 Å². The zero-order chi connectivity index (χ0) is 27.0. The van der Waals surface area contributed by atoms with Gasteiger partial charge in [-0.15, -0.1) is 0 Å². The highest BCUT2D eigenvalue weighted by Gasteiger charge is 2.47. The highest BCUT2D eigenvalue weighted by Crippen LogP contribution is 2.44. The predicted octanol–water partition coefficient (Wildman–Crippen LogP) is 5.48. The Balaban J connectivity index is 2.00. The molecule has 37 heavy (non-hydrogen) atoms. The second kappa shape index (κ2) is 9.93. The molecule has 1 fully saturated rings. The number of esters is 1. The molecule has 0 saturated carbocycles. The number of ketones is 1. The molecular weight excluding hydrogens is 470 g/mol. The van der Waals surface area contributed by atoms with E-state index in [1.807, 2.05) is 39.0 Å². The lowest BCUT2D eigenvalue weighted by Crippen LogP contribution is -2.29. The molecule has 7 heteroatoms. The SMILES string of the molecule is COc1cc(C)c(/C(O)=C2\C(=O)C(=O)N(c3cc(C)cc(C)c3)C2c2cccc(OC(C)=O)c2)cc1C. The third-order valence-corrected chi connectivity index (χ3v) is 6.36. The summed E-state index contributed by atoms with van der Waals surface area (Å²) in [5.41, 5.74) is 4.73. The summed E-state index contributed by atoms with van der Waals surface area (Å²) in [5.74, 6) is -1.41. The molecule has 0 aliphatic carbocycles. The molecule has 1 aliphatic rings. The number of benzene rings is 3. The zero-order valence-electron chi connectivity index (χ0n) is 21.7. The van der Waals surface area contributed by atoms with Gasteiger partial charge < -0.3 is 14.6 Å². The first-order valence-corrected chi connectivity index (χ1v) is 11.8. The fourth-order valence-corrected chi connectivity index (χ4v) is 4.83. The van der Waals surface area contributed by atoms with E-state index in [4.69, 9.17) is 9.47 Å². The van der Waals surface area contributed by atoms with E-state index in [0.717, 1.165) is 16.7 Å². The molecule has 190 valence electrons. The summed E-state index contributed by atoms with van der Waals surface area (Å²) < 4.78 is 10.7. The van der Waals surface area contributed by atoms with Crippen molar-refractivity contribution in [2.24, 2.45) is 0 Å². The van der Waals surface area contributed by atoms with Crippen LogP contribution in [0.1, 0.15) is 46.3 Å². The minimum absolute atomic E-state index is 0.0446. The molecule has 3 aromatic carbocycles. The number of carbonyl (C=O) groups is 3. The number of aryl methyl sites for hydroxylation is 4. The normalized spacial score (nSPS) is 16.7. The molecule has 1 aliphatic heterocycles. The van der Waals surface area contributed by atoms with Crippen LogP contribution >= 0.6 is 0 Å². The van der Waals surface area contributed by atoms with Crippen molar-refractivity contribution in [1.82, 2.24) is 0 Å². The number of aliphatic hydroxyl groups is 1. The van der Waals surface area contributed by atoms with Gasteiger partial charge in [0.1, 0.15) is 17.3 Å².